The molecule has 2 aromatic rings. The third-order valence-electron chi connectivity index (χ3n) is 5.28. The number of nitrogens with zero attached hydrogens (tertiary/aromatic N) is 2. The molecule has 0 aliphatic carbocycles. The molecule has 2 saturated heterocycles. The van der Waals surface area contributed by atoms with Crippen LogP contribution in [-0.4, -0.2) is 55.1 Å². The first kappa shape index (κ1) is 22.4. The van der Waals surface area contributed by atoms with E-state index in [4.69, 9.17) is 0 Å². The molecule has 2 aliphatic heterocycles. The maximum atomic E-state index is 12.5. The minimum atomic E-state index is -0.164. The number of quaternary nitrogens is 2. The van der Waals surface area contributed by atoms with E-state index >= 15 is 0 Å². The number of benzene rings is 1. The van der Waals surface area contributed by atoms with Gasteiger partial charge in [0, 0.05) is 24.4 Å². The van der Waals surface area contributed by atoms with Crippen LogP contribution in [0.15, 0.2) is 23.0 Å². The zero-order chi connectivity index (χ0) is 17.9. The highest BCUT2D eigenvalue weighted by molar-refractivity contribution is 5.95. The number of aromatic nitrogens is 2. The fourth-order valence-corrected chi connectivity index (χ4v) is 3.75. The summed E-state index contributed by atoms with van der Waals surface area (Å²) in [6, 6.07) is 5.37. The first-order chi connectivity index (χ1) is 12.7. The lowest BCUT2D eigenvalue weighted by atomic mass is 9.97. The highest BCUT2D eigenvalue weighted by atomic mass is 35.5. The van der Waals surface area contributed by atoms with Gasteiger partial charge in [0.1, 0.15) is 0 Å². The molecule has 3 heterocycles. The Bertz CT molecular complexity index is 863. The number of nitrogens with one attached hydrogen (secondary N) is 2. The van der Waals surface area contributed by atoms with Crippen molar-refractivity contribution in [2.24, 2.45) is 5.92 Å². The number of carbonyl (C=O) groups excluding carboxylic acids is 1. The molecule has 10 heteroatoms. The number of amides is 1. The Labute approximate surface area is 175 Å². The van der Waals surface area contributed by atoms with Crippen LogP contribution >= 0.6 is 0 Å². The number of hydrogen-bond donors (Lipinski definition) is 4. The number of nitrogens with two attached hydrogens (primary N) is 2. The lowest BCUT2D eigenvalue weighted by Crippen LogP contribution is -3.00. The zero-order valence-corrected chi connectivity index (χ0v) is 17.1. The molecule has 0 radical (unpaired) electrons. The highest BCUT2D eigenvalue weighted by Crippen LogP contribution is 2.19. The van der Waals surface area contributed by atoms with Crippen molar-refractivity contribution in [3.8, 4) is 0 Å². The van der Waals surface area contributed by atoms with Gasteiger partial charge in [0.15, 0.2) is 0 Å². The normalized spacial score (nSPS) is 17.5. The van der Waals surface area contributed by atoms with Crippen molar-refractivity contribution < 1.29 is 40.2 Å². The van der Waals surface area contributed by atoms with E-state index in [1.807, 2.05) is 12.1 Å². The van der Waals surface area contributed by atoms with Crippen LogP contribution in [0.25, 0.3) is 10.9 Å². The van der Waals surface area contributed by atoms with E-state index in [-0.39, 0.29) is 42.2 Å². The molecule has 28 heavy (non-hydrogen) atoms. The molecule has 1 aromatic carbocycles. The third-order valence-corrected chi connectivity index (χ3v) is 5.28. The maximum absolute atomic E-state index is 12.5. The maximum Gasteiger partial charge on any atom is 0.260 e. The van der Waals surface area contributed by atoms with Gasteiger partial charge in [-0.05, 0) is 18.2 Å². The molecule has 2 aliphatic rings. The molecule has 154 valence electrons. The van der Waals surface area contributed by atoms with Crippen LogP contribution in [0.3, 0.4) is 0 Å². The number of piperazine rings is 1. The van der Waals surface area contributed by atoms with E-state index in [2.05, 4.69) is 30.8 Å². The summed E-state index contributed by atoms with van der Waals surface area (Å²) in [4.78, 5) is 34.6. The van der Waals surface area contributed by atoms with Crippen molar-refractivity contribution >= 4 is 28.4 Å². The Morgan fingerprint density at radius 1 is 1.11 bits per heavy atom. The average Bonchev–Trinajstić information content (AvgIpc) is 2.69. The van der Waals surface area contributed by atoms with Crippen molar-refractivity contribution in [3.05, 3.63) is 28.6 Å². The fourth-order valence-electron chi connectivity index (χ4n) is 3.75. The van der Waals surface area contributed by atoms with Gasteiger partial charge in [-0.25, -0.2) is 4.98 Å². The van der Waals surface area contributed by atoms with Crippen LogP contribution in [-0.2, 0) is 4.79 Å². The minimum absolute atomic E-state index is 0. The molecule has 0 unspecified atom stereocenters. The molecule has 0 spiro atoms. The summed E-state index contributed by atoms with van der Waals surface area (Å²) in [6.07, 6.45) is 1.80. The Balaban J connectivity index is 0.00000140. The van der Waals surface area contributed by atoms with Gasteiger partial charge in [-0.2, -0.15) is 0 Å². The van der Waals surface area contributed by atoms with Gasteiger partial charge in [0.05, 0.1) is 50.2 Å². The minimum Gasteiger partial charge on any atom is -1.00 e. The van der Waals surface area contributed by atoms with Crippen molar-refractivity contribution in [3.63, 3.8) is 0 Å². The summed E-state index contributed by atoms with van der Waals surface area (Å²) in [5, 5.41) is 7.97. The van der Waals surface area contributed by atoms with Gasteiger partial charge >= 0.3 is 0 Å². The summed E-state index contributed by atoms with van der Waals surface area (Å²) >= 11 is 0. The van der Waals surface area contributed by atoms with Gasteiger partial charge in [0.2, 0.25) is 11.9 Å². The largest absolute Gasteiger partial charge is 1.00 e. The Kier molecular flexibility index (Phi) is 8.06. The van der Waals surface area contributed by atoms with E-state index in [0.717, 1.165) is 52.1 Å². The Morgan fingerprint density at radius 3 is 2.50 bits per heavy atom. The first-order valence-electron chi connectivity index (χ1n) is 9.44. The van der Waals surface area contributed by atoms with Crippen LogP contribution < -0.4 is 51.2 Å². The second-order valence-electron chi connectivity index (χ2n) is 7.10. The first-order valence-corrected chi connectivity index (χ1v) is 9.44. The molecule has 0 bridgehead atoms. The van der Waals surface area contributed by atoms with Gasteiger partial charge in [-0.1, -0.05) is 0 Å². The van der Waals surface area contributed by atoms with Gasteiger partial charge < -0.3 is 45.7 Å². The summed E-state index contributed by atoms with van der Waals surface area (Å²) in [5.41, 5.74) is 1.15. The SMILES string of the molecule is O=C(Nc1ccc2nc(N3CC[NH2+]CC3)[nH]c(=O)c2c1)C1CC[NH2+]CC1.[Cl-].[Cl-]. The summed E-state index contributed by atoms with van der Waals surface area (Å²) < 4.78 is 0. The summed E-state index contributed by atoms with van der Waals surface area (Å²) in [6.45, 7) is 5.76. The van der Waals surface area contributed by atoms with E-state index in [0.29, 0.717) is 22.5 Å². The molecule has 1 aromatic heterocycles. The van der Waals surface area contributed by atoms with Crippen LogP contribution in [0.2, 0.25) is 0 Å². The molecule has 0 saturated carbocycles. The van der Waals surface area contributed by atoms with E-state index < -0.39 is 0 Å². The number of fused-ring (bicyclic) bond motifs is 1. The van der Waals surface area contributed by atoms with Crippen molar-refractivity contribution in [1.82, 2.24) is 9.97 Å². The zero-order valence-electron chi connectivity index (χ0n) is 15.6. The number of rotatable bonds is 3. The number of H-pyrrole nitrogens is 1. The molecular formula is C18H26Cl2N6O2. The van der Waals surface area contributed by atoms with Gasteiger partial charge in [0.25, 0.3) is 5.56 Å². The topological polar surface area (TPSA) is 111 Å². The van der Waals surface area contributed by atoms with Crippen molar-refractivity contribution in [1.29, 1.82) is 0 Å². The standard InChI is InChI=1S/C18H24N6O2.2ClH/c25-16(12-3-5-19-6-4-12)21-13-1-2-15-14(11-13)17(26)23-18(22-15)24-9-7-20-8-10-24;;/h1-2,11-12,19-20H,3-10H2,(H,21,25)(H,22,23,26);2*1H. The van der Waals surface area contributed by atoms with Crippen LogP contribution in [0.4, 0.5) is 11.6 Å². The lowest BCUT2D eigenvalue weighted by molar-refractivity contribution is -0.663. The summed E-state index contributed by atoms with van der Waals surface area (Å²) in [5.74, 6) is 0.735. The highest BCUT2D eigenvalue weighted by Gasteiger charge is 2.23. The smallest absolute Gasteiger partial charge is 0.260 e. The third kappa shape index (κ3) is 4.94. The number of anilines is 2. The predicted octanol–water partition coefficient (Wildman–Crippen LogP) is -7.77. The number of aromatic amines is 1. The van der Waals surface area contributed by atoms with Crippen LogP contribution in [0, 0.1) is 5.92 Å². The molecule has 4 rings (SSSR count). The quantitative estimate of drug-likeness (QED) is 0.389. The van der Waals surface area contributed by atoms with Gasteiger partial charge in [-0.3, -0.25) is 14.6 Å². The van der Waals surface area contributed by atoms with Crippen molar-refractivity contribution in [2.45, 2.75) is 12.8 Å². The number of hydrogen-bond acceptors (Lipinski definition) is 4. The molecule has 1 amide bonds. The fraction of sp³-hybridized carbons (Fsp3) is 0.500. The molecule has 6 N–H and O–H groups in total. The number of carbonyl (C=O) groups is 1. The van der Waals surface area contributed by atoms with Crippen molar-refractivity contribution in [2.75, 3.05) is 49.5 Å². The molecule has 2 fully saturated rings. The second-order valence-corrected chi connectivity index (χ2v) is 7.10. The lowest BCUT2D eigenvalue weighted by Gasteiger charge is -2.25. The second kappa shape index (κ2) is 10.1. The Morgan fingerprint density at radius 2 is 1.79 bits per heavy atom. The monoisotopic (exact) mass is 428 g/mol. The summed E-state index contributed by atoms with van der Waals surface area (Å²) in [7, 11) is 0. The van der Waals surface area contributed by atoms with Crippen LogP contribution in [0.5, 0.6) is 0 Å². The molecular weight excluding hydrogens is 403 g/mol. The average molecular weight is 429 g/mol. The van der Waals surface area contributed by atoms with E-state index in [1.54, 1.807) is 6.07 Å². The van der Waals surface area contributed by atoms with Crippen LogP contribution in [0.1, 0.15) is 12.8 Å². The Hall–Kier alpha value is -1.87. The van der Waals surface area contributed by atoms with Gasteiger partial charge in [-0.15, -0.1) is 0 Å². The molecule has 8 nitrogen and oxygen atoms in total. The predicted molar refractivity (Wildman–Crippen MR) is 99.2 cm³/mol. The van der Waals surface area contributed by atoms with E-state index in [9.17, 15) is 9.59 Å². The number of piperidine rings is 1. The number of halogens is 2. The van der Waals surface area contributed by atoms with E-state index in [1.165, 1.54) is 0 Å². The molecule has 0 atom stereocenters.